The molecule has 0 heterocycles. The molecule has 0 bridgehead atoms. The van der Waals surface area contributed by atoms with Gasteiger partial charge in [0.1, 0.15) is 0 Å². The Labute approximate surface area is 136 Å². The maximum atomic E-state index is 5.67. The Bertz CT molecular complexity index is 705. The lowest BCUT2D eigenvalue weighted by Gasteiger charge is -2.11. The number of aryl methyl sites for hydroxylation is 2. The molecule has 0 aliphatic rings. The average Bonchev–Trinajstić information content (AvgIpc) is 2.48. The van der Waals surface area contributed by atoms with E-state index in [4.69, 9.17) is 18.0 Å². The van der Waals surface area contributed by atoms with Crippen molar-refractivity contribution in [3.05, 3.63) is 59.2 Å². The van der Waals surface area contributed by atoms with Crippen molar-refractivity contribution in [1.29, 1.82) is 0 Å². The molecule has 4 N–H and O–H groups in total. The molecule has 2 rings (SSSR count). The molecule has 0 aliphatic heterocycles. The molecule has 2 aromatic rings. The summed E-state index contributed by atoms with van der Waals surface area (Å²) >= 11 is 5.27. The maximum Gasteiger partial charge on any atom is 0.191 e. The number of nitrogen functional groups attached to an aromatic ring is 1. The summed E-state index contributed by atoms with van der Waals surface area (Å²) in [6.45, 7) is 6.02. The molecule has 0 atom stereocenters. The zero-order valence-corrected chi connectivity index (χ0v) is 13.8. The first-order valence-electron chi connectivity index (χ1n) is 7.00. The molecule has 0 radical (unpaired) electrons. The number of hydrogen-bond acceptors (Lipinski definition) is 3. The van der Waals surface area contributed by atoms with Crippen LogP contribution in [0.25, 0.3) is 0 Å². The first-order chi connectivity index (χ1) is 10.5. The summed E-state index contributed by atoms with van der Waals surface area (Å²) in [5, 5.41) is 7.90. The van der Waals surface area contributed by atoms with Crippen molar-refractivity contribution in [2.45, 2.75) is 20.8 Å². The lowest BCUT2D eigenvalue weighted by molar-refractivity contribution is 1.04. The lowest BCUT2D eigenvalue weighted by Crippen LogP contribution is -2.25. The Balaban J connectivity index is 1.99. The third-order valence-electron chi connectivity index (χ3n) is 3.28. The van der Waals surface area contributed by atoms with Gasteiger partial charge in [-0.25, -0.2) is 0 Å². The fourth-order valence-electron chi connectivity index (χ4n) is 2.03. The predicted octanol–water partition coefficient (Wildman–Crippen LogP) is 3.60. The molecular weight excluding hydrogens is 292 g/mol. The van der Waals surface area contributed by atoms with Gasteiger partial charge in [0.25, 0.3) is 0 Å². The Kier molecular flexibility index (Phi) is 5.12. The molecule has 22 heavy (non-hydrogen) atoms. The van der Waals surface area contributed by atoms with Crippen LogP contribution in [0.1, 0.15) is 23.6 Å². The quantitative estimate of drug-likeness (QED) is 0.351. The van der Waals surface area contributed by atoms with Crippen molar-refractivity contribution in [3.63, 3.8) is 0 Å². The molecular formula is C17H20N4S. The third-order valence-corrected chi connectivity index (χ3v) is 3.48. The molecule has 0 amide bonds. The van der Waals surface area contributed by atoms with E-state index in [1.807, 2.05) is 50.2 Å². The lowest BCUT2D eigenvalue weighted by atomic mass is 10.1. The van der Waals surface area contributed by atoms with Gasteiger partial charge in [-0.15, -0.1) is 0 Å². The highest BCUT2D eigenvalue weighted by Crippen LogP contribution is 2.15. The summed E-state index contributed by atoms with van der Waals surface area (Å²) in [5.41, 5.74) is 14.4. The van der Waals surface area contributed by atoms with Crippen molar-refractivity contribution < 1.29 is 0 Å². The number of hydrazone groups is 1. The highest BCUT2D eigenvalue weighted by atomic mass is 32.1. The number of nitrogens with two attached hydrogens (primary N) is 1. The van der Waals surface area contributed by atoms with E-state index in [0.717, 1.165) is 28.2 Å². The Morgan fingerprint density at radius 2 is 1.77 bits per heavy atom. The molecule has 4 nitrogen and oxygen atoms in total. The molecule has 0 aromatic heterocycles. The van der Waals surface area contributed by atoms with E-state index in [2.05, 4.69) is 28.8 Å². The molecule has 0 saturated carbocycles. The van der Waals surface area contributed by atoms with Gasteiger partial charge in [0.15, 0.2) is 5.11 Å². The Morgan fingerprint density at radius 3 is 2.41 bits per heavy atom. The molecule has 0 saturated heterocycles. The van der Waals surface area contributed by atoms with Crippen LogP contribution in [-0.2, 0) is 0 Å². The van der Waals surface area contributed by atoms with Crippen LogP contribution >= 0.6 is 12.2 Å². The SMILES string of the molecule is C/C(=N/NC(=S)Nc1ccc(C)cc1C)c1ccc(N)cc1. The number of nitrogens with zero attached hydrogens (tertiary/aromatic N) is 1. The van der Waals surface area contributed by atoms with Crippen molar-refractivity contribution >= 4 is 34.4 Å². The number of thiocarbonyl (C=S) groups is 1. The van der Waals surface area contributed by atoms with E-state index < -0.39 is 0 Å². The van der Waals surface area contributed by atoms with Gasteiger partial charge in [0.05, 0.1) is 5.71 Å². The van der Waals surface area contributed by atoms with Crippen LogP contribution in [0.15, 0.2) is 47.6 Å². The van der Waals surface area contributed by atoms with Gasteiger partial charge in [-0.05, 0) is 62.3 Å². The first kappa shape index (κ1) is 16.0. The van der Waals surface area contributed by atoms with Crippen LogP contribution in [0.4, 0.5) is 11.4 Å². The molecule has 5 heteroatoms. The van der Waals surface area contributed by atoms with Crippen LogP contribution in [0.5, 0.6) is 0 Å². The van der Waals surface area contributed by atoms with Crippen LogP contribution in [0, 0.1) is 13.8 Å². The van der Waals surface area contributed by atoms with Crippen molar-refractivity contribution in [1.82, 2.24) is 5.43 Å². The van der Waals surface area contributed by atoms with Gasteiger partial charge < -0.3 is 11.1 Å². The Hall–Kier alpha value is -2.40. The van der Waals surface area contributed by atoms with Crippen LogP contribution in [0.2, 0.25) is 0 Å². The summed E-state index contributed by atoms with van der Waals surface area (Å²) in [6, 6.07) is 13.7. The second kappa shape index (κ2) is 7.04. The van der Waals surface area contributed by atoms with E-state index in [-0.39, 0.29) is 0 Å². The Morgan fingerprint density at radius 1 is 1.09 bits per heavy atom. The van der Waals surface area contributed by atoms with Gasteiger partial charge >= 0.3 is 0 Å². The predicted molar refractivity (Wildman–Crippen MR) is 98.3 cm³/mol. The fourth-order valence-corrected chi connectivity index (χ4v) is 2.18. The third kappa shape index (κ3) is 4.30. The summed E-state index contributed by atoms with van der Waals surface area (Å²) in [6.07, 6.45) is 0. The molecule has 0 unspecified atom stereocenters. The van der Waals surface area contributed by atoms with Crippen molar-refractivity contribution in [2.24, 2.45) is 5.10 Å². The zero-order chi connectivity index (χ0) is 16.1. The first-order valence-corrected chi connectivity index (χ1v) is 7.41. The second-order valence-electron chi connectivity index (χ2n) is 5.20. The number of hydrogen-bond donors (Lipinski definition) is 3. The topological polar surface area (TPSA) is 62.4 Å². The summed E-state index contributed by atoms with van der Waals surface area (Å²) in [7, 11) is 0. The monoisotopic (exact) mass is 312 g/mol. The van der Waals surface area contributed by atoms with Gasteiger partial charge in [-0.2, -0.15) is 5.10 Å². The van der Waals surface area contributed by atoms with Crippen LogP contribution < -0.4 is 16.5 Å². The molecule has 0 fully saturated rings. The molecule has 0 aliphatic carbocycles. The van der Waals surface area contributed by atoms with Crippen molar-refractivity contribution in [2.75, 3.05) is 11.1 Å². The van der Waals surface area contributed by atoms with E-state index in [1.54, 1.807) is 0 Å². The van der Waals surface area contributed by atoms with Crippen molar-refractivity contribution in [3.8, 4) is 0 Å². The van der Waals surface area contributed by atoms with E-state index in [1.165, 1.54) is 5.56 Å². The zero-order valence-electron chi connectivity index (χ0n) is 13.0. The average molecular weight is 312 g/mol. The summed E-state index contributed by atoms with van der Waals surface area (Å²) in [4.78, 5) is 0. The normalized spacial score (nSPS) is 11.1. The van der Waals surface area contributed by atoms with Gasteiger partial charge in [-0.1, -0.05) is 29.8 Å². The van der Waals surface area contributed by atoms with E-state index in [9.17, 15) is 0 Å². The molecule has 0 spiro atoms. The molecule has 114 valence electrons. The summed E-state index contributed by atoms with van der Waals surface area (Å²) < 4.78 is 0. The van der Waals surface area contributed by atoms with Crippen LogP contribution in [-0.4, -0.2) is 10.8 Å². The minimum absolute atomic E-state index is 0.460. The molecule has 2 aromatic carbocycles. The number of benzene rings is 2. The van der Waals surface area contributed by atoms with Crippen LogP contribution in [0.3, 0.4) is 0 Å². The van der Waals surface area contributed by atoms with E-state index in [0.29, 0.717) is 5.11 Å². The number of nitrogens with one attached hydrogen (secondary N) is 2. The summed E-state index contributed by atoms with van der Waals surface area (Å²) in [5.74, 6) is 0. The second-order valence-corrected chi connectivity index (χ2v) is 5.61. The van der Waals surface area contributed by atoms with E-state index >= 15 is 0 Å². The van der Waals surface area contributed by atoms with Gasteiger partial charge in [-0.3, -0.25) is 5.43 Å². The largest absolute Gasteiger partial charge is 0.399 e. The number of rotatable bonds is 3. The number of anilines is 2. The van der Waals surface area contributed by atoms with Gasteiger partial charge in [0, 0.05) is 11.4 Å². The fraction of sp³-hybridized carbons (Fsp3) is 0.176. The maximum absolute atomic E-state index is 5.67. The minimum atomic E-state index is 0.460. The minimum Gasteiger partial charge on any atom is -0.399 e. The smallest absolute Gasteiger partial charge is 0.191 e. The van der Waals surface area contributed by atoms with Gasteiger partial charge in [0.2, 0.25) is 0 Å². The highest BCUT2D eigenvalue weighted by Gasteiger charge is 2.02. The standard InChI is InChI=1S/C17H20N4S/c1-11-4-9-16(12(2)10-11)19-17(22)21-20-13(3)14-5-7-15(18)8-6-14/h4-10H,18H2,1-3H3,(H2,19,21,22)/b20-13-. The highest BCUT2D eigenvalue weighted by molar-refractivity contribution is 7.80.